The molecule has 0 spiro atoms. The third-order valence-corrected chi connectivity index (χ3v) is 6.34. The lowest BCUT2D eigenvalue weighted by atomic mass is 10.1. The second kappa shape index (κ2) is 11.2. The molecule has 9 nitrogen and oxygen atoms in total. The first-order chi connectivity index (χ1) is 17.0. The Hall–Kier alpha value is -3.66. The van der Waals surface area contributed by atoms with E-state index in [1.165, 1.54) is 18.1 Å². The summed E-state index contributed by atoms with van der Waals surface area (Å²) in [4.78, 5) is 43.9. The monoisotopic (exact) mass is 483 g/mol. The van der Waals surface area contributed by atoms with Crippen LogP contribution in [0.2, 0.25) is 0 Å². The van der Waals surface area contributed by atoms with Gasteiger partial charge in [0.2, 0.25) is 17.7 Å². The van der Waals surface area contributed by atoms with Crippen molar-refractivity contribution in [1.29, 1.82) is 0 Å². The van der Waals surface area contributed by atoms with Crippen LogP contribution in [-0.2, 0) is 14.4 Å². The zero-order valence-electron chi connectivity index (χ0n) is 19.7. The Morgan fingerprint density at radius 2 is 1.77 bits per heavy atom. The van der Waals surface area contributed by atoms with Crippen molar-refractivity contribution in [2.24, 2.45) is 0 Å². The van der Waals surface area contributed by atoms with Crippen LogP contribution in [0.3, 0.4) is 0 Å². The summed E-state index contributed by atoms with van der Waals surface area (Å²) in [6.45, 7) is 3.21. The van der Waals surface area contributed by atoms with Gasteiger partial charge in [-0.15, -0.1) is 0 Å². The molecule has 3 amide bonds. The molecular weight excluding hydrogens is 453 g/mol. The highest BCUT2D eigenvalue weighted by atomic mass is 19.1. The number of hydrogen-bond donors (Lipinski definition) is 2. The van der Waals surface area contributed by atoms with E-state index in [0.29, 0.717) is 56.4 Å². The van der Waals surface area contributed by atoms with E-state index in [2.05, 4.69) is 10.6 Å². The van der Waals surface area contributed by atoms with Crippen LogP contribution in [0, 0.1) is 5.82 Å². The fraction of sp³-hybridized carbons (Fsp3) is 0.400. The molecule has 1 atom stereocenters. The lowest BCUT2D eigenvalue weighted by Crippen LogP contribution is -2.60. The van der Waals surface area contributed by atoms with E-state index < -0.39 is 6.04 Å². The van der Waals surface area contributed by atoms with Crippen molar-refractivity contribution in [3.63, 3.8) is 0 Å². The maximum atomic E-state index is 14.1. The molecule has 0 radical (unpaired) electrons. The van der Waals surface area contributed by atoms with Gasteiger partial charge in [-0.25, -0.2) is 4.39 Å². The molecule has 10 heteroatoms. The molecule has 2 fully saturated rings. The van der Waals surface area contributed by atoms with Gasteiger partial charge in [-0.3, -0.25) is 19.3 Å². The number of halogens is 1. The van der Waals surface area contributed by atoms with Gasteiger partial charge in [-0.2, -0.15) is 0 Å². The Labute approximate surface area is 203 Å². The summed E-state index contributed by atoms with van der Waals surface area (Å²) in [6.07, 6.45) is -0.156. The van der Waals surface area contributed by atoms with Gasteiger partial charge in [0, 0.05) is 39.3 Å². The lowest BCUT2D eigenvalue weighted by molar-refractivity contribution is -0.145. The first-order valence-corrected chi connectivity index (χ1v) is 11.7. The SMILES string of the molecule is COc1ccccc1NC(=O)C[C@@H]1C(=O)NCCN1C(=O)CN1CCN(c2ccccc2F)CC1. The van der Waals surface area contributed by atoms with Crippen LogP contribution >= 0.6 is 0 Å². The summed E-state index contributed by atoms with van der Waals surface area (Å²) in [5.41, 5.74) is 1.06. The third kappa shape index (κ3) is 5.89. The number of rotatable bonds is 7. The van der Waals surface area contributed by atoms with Crippen LogP contribution in [0.15, 0.2) is 48.5 Å². The van der Waals surface area contributed by atoms with E-state index in [9.17, 15) is 18.8 Å². The molecule has 0 bridgehead atoms. The van der Waals surface area contributed by atoms with E-state index in [0.717, 1.165) is 0 Å². The molecule has 0 unspecified atom stereocenters. The Morgan fingerprint density at radius 1 is 1.06 bits per heavy atom. The zero-order chi connectivity index (χ0) is 24.8. The first-order valence-electron chi connectivity index (χ1n) is 11.7. The van der Waals surface area contributed by atoms with Gasteiger partial charge in [0.05, 0.1) is 31.5 Å². The Morgan fingerprint density at radius 3 is 2.51 bits per heavy atom. The highest BCUT2D eigenvalue weighted by Gasteiger charge is 2.35. The summed E-state index contributed by atoms with van der Waals surface area (Å²) in [5.74, 6) is -0.673. The van der Waals surface area contributed by atoms with E-state index in [1.54, 1.807) is 42.5 Å². The minimum absolute atomic E-state index is 0.142. The Balaban J connectivity index is 1.34. The molecule has 35 heavy (non-hydrogen) atoms. The highest BCUT2D eigenvalue weighted by Crippen LogP contribution is 2.24. The number of para-hydroxylation sites is 3. The van der Waals surface area contributed by atoms with Gasteiger partial charge in [0.1, 0.15) is 17.6 Å². The van der Waals surface area contributed by atoms with Crippen molar-refractivity contribution in [2.45, 2.75) is 12.5 Å². The summed E-state index contributed by atoms with van der Waals surface area (Å²) < 4.78 is 19.3. The minimum Gasteiger partial charge on any atom is -0.495 e. The van der Waals surface area contributed by atoms with Gasteiger partial charge in [-0.1, -0.05) is 24.3 Å². The Bertz CT molecular complexity index is 1070. The molecule has 4 rings (SSSR count). The molecule has 2 aromatic carbocycles. The number of amides is 3. The molecular formula is C25H30FN5O4. The average Bonchev–Trinajstić information content (AvgIpc) is 2.86. The number of hydrogen-bond acceptors (Lipinski definition) is 6. The third-order valence-electron chi connectivity index (χ3n) is 6.34. The van der Waals surface area contributed by atoms with Crippen LogP contribution < -0.4 is 20.3 Å². The van der Waals surface area contributed by atoms with Gasteiger partial charge in [-0.05, 0) is 24.3 Å². The van der Waals surface area contributed by atoms with Crippen molar-refractivity contribution in [1.82, 2.24) is 15.1 Å². The summed E-state index contributed by atoms with van der Waals surface area (Å²) >= 11 is 0. The molecule has 2 saturated heterocycles. The summed E-state index contributed by atoms with van der Waals surface area (Å²) in [6, 6.07) is 12.8. The number of nitrogens with zero attached hydrogens (tertiary/aromatic N) is 3. The average molecular weight is 484 g/mol. The molecule has 0 saturated carbocycles. The number of carbonyl (C=O) groups is 3. The lowest BCUT2D eigenvalue weighted by Gasteiger charge is -2.39. The fourth-order valence-corrected chi connectivity index (χ4v) is 4.48. The van der Waals surface area contributed by atoms with Crippen molar-refractivity contribution < 1.29 is 23.5 Å². The molecule has 186 valence electrons. The normalized spacial score (nSPS) is 18.7. The molecule has 2 heterocycles. The van der Waals surface area contributed by atoms with Gasteiger partial charge >= 0.3 is 0 Å². The number of anilines is 2. The topological polar surface area (TPSA) is 94.2 Å². The van der Waals surface area contributed by atoms with Crippen LogP contribution in [-0.4, -0.2) is 86.5 Å². The van der Waals surface area contributed by atoms with Crippen LogP contribution in [0.4, 0.5) is 15.8 Å². The molecule has 2 N–H and O–H groups in total. The molecule has 0 aromatic heterocycles. The van der Waals surface area contributed by atoms with Crippen molar-refractivity contribution >= 4 is 29.1 Å². The molecule has 2 aliphatic heterocycles. The zero-order valence-corrected chi connectivity index (χ0v) is 19.7. The number of nitrogens with one attached hydrogen (secondary N) is 2. The summed E-state index contributed by atoms with van der Waals surface area (Å²) in [5, 5.41) is 5.51. The van der Waals surface area contributed by atoms with Crippen LogP contribution in [0.1, 0.15) is 6.42 Å². The second-order valence-corrected chi connectivity index (χ2v) is 8.56. The maximum absolute atomic E-state index is 14.1. The predicted molar refractivity (Wildman–Crippen MR) is 130 cm³/mol. The van der Waals surface area contributed by atoms with Crippen molar-refractivity contribution in [2.75, 3.05) is 63.1 Å². The van der Waals surface area contributed by atoms with Gasteiger partial charge in [0.25, 0.3) is 0 Å². The first kappa shape index (κ1) is 24.5. The number of carbonyl (C=O) groups excluding carboxylic acids is 3. The molecule has 2 aromatic rings. The minimum atomic E-state index is -0.884. The van der Waals surface area contributed by atoms with Crippen LogP contribution in [0.25, 0.3) is 0 Å². The largest absolute Gasteiger partial charge is 0.495 e. The smallest absolute Gasteiger partial charge is 0.243 e. The Kier molecular flexibility index (Phi) is 7.81. The van der Waals surface area contributed by atoms with E-state index in [-0.39, 0.29) is 36.5 Å². The predicted octanol–water partition coefficient (Wildman–Crippen LogP) is 1.31. The van der Waals surface area contributed by atoms with Gasteiger partial charge in [0.15, 0.2) is 0 Å². The van der Waals surface area contributed by atoms with E-state index in [1.807, 2.05) is 9.80 Å². The quantitative estimate of drug-likeness (QED) is 0.617. The number of ether oxygens (including phenoxy) is 1. The molecule has 0 aliphatic carbocycles. The fourth-order valence-electron chi connectivity index (χ4n) is 4.48. The van der Waals surface area contributed by atoms with E-state index in [4.69, 9.17) is 4.74 Å². The second-order valence-electron chi connectivity index (χ2n) is 8.56. The van der Waals surface area contributed by atoms with Crippen molar-refractivity contribution in [3.05, 3.63) is 54.3 Å². The van der Waals surface area contributed by atoms with Gasteiger partial charge < -0.3 is 25.2 Å². The van der Waals surface area contributed by atoms with Crippen LogP contribution in [0.5, 0.6) is 5.75 Å². The molecule has 2 aliphatic rings. The summed E-state index contributed by atoms with van der Waals surface area (Å²) in [7, 11) is 1.51. The number of piperazine rings is 2. The van der Waals surface area contributed by atoms with E-state index >= 15 is 0 Å². The number of benzene rings is 2. The highest BCUT2D eigenvalue weighted by molar-refractivity contribution is 5.98. The maximum Gasteiger partial charge on any atom is 0.243 e. The number of methoxy groups -OCH3 is 1. The standard InChI is InChI=1S/C25H30FN5O4/c1-35-22-9-5-3-7-19(22)28-23(32)16-21-25(34)27-10-11-31(21)24(33)17-29-12-14-30(15-13-29)20-8-4-2-6-18(20)26/h2-9,21H,10-17H2,1H3,(H,27,34)(H,28,32)/t21-/m1/s1. The van der Waals surface area contributed by atoms with Crippen molar-refractivity contribution in [3.8, 4) is 5.75 Å².